The van der Waals surface area contributed by atoms with Crippen molar-refractivity contribution in [3.63, 3.8) is 0 Å². The molecule has 1 heterocycles. The minimum absolute atomic E-state index is 0.0619. The molecule has 0 radical (unpaired) electrons. The van der Waals surface area contributed by atoms with Crippen LogP contribution in [0.5, 0.6) is 0 Å². The lowest BCUT2D eigenvalue weighted by Crippen LogP contribution is -2.31. The van der Waals surface area contributed by atoms with Crippen LogP contribution in [-0.2, 0) is 11.2 Å². The molecule has 0 saturated heterocycles. The van der Waals surface area contributed by atoms with Crippen molar-refractivity contribution in [1.82, 2.24) is 4.98 Å². The first kappa shape index (κ1) is 13.5. The zero-order valence-electron chi connectivity index (χ0n) is 11.1. The standard InChI is InChI=1S/C14H18N2O3/c1-2-8-16(9-14(18)19)13-7-6-10-11(15-13)4-3-5-12(10)17/h6-7H,2-5,8-9H2,1H3,(H,18,19). The molecule has 1 aliphatic rings. The highest BCUT2D eigenvalue weighted by atomic mass is 16.4. The number of fused-ring (bicyclic) bond motifs is 1. The van der Waals surface area contributed by atoms with Gasteiger partial charge < -0.3 is 10.0 Å². The lowest BCUT2D eigenvalue weighted by Gasteiger charge is -2.23. The van der Waals surface area contributed by atoms with Crippen LogP contribution in [0.25, 0.3) is 0 Å². The van der Waals surface area contributed by atoms with Gasteiger partial charge in [-0.1, -0.05) is 6.92 Å². The Morgan fingerprint density at radius 3 is 2.89 bits per heavy atom. The van der Waals surface area contributed by atoms with Crippen LogP contribution in [0, 0.1) is 0 Å². The van der Waals surface area contributed by atoms with E-state index >= 15 is 0 Å². The van der Waals surface area contributed by atoms with Crippen LogP contribution in [0.2, 0.25) is 0 Å². The number of aliphatic carboxylic acids is 1. The van der Waals surface area contributed by atoms with E-state index in [1.165, 1.54) is 0 Å². The maximum Gasteiger partial charge on any atom is 0.323 e. The van der Waals surface area contributed by atoms with Crippen LogP contribution in [0.4, 0.5) is 5.82 Å². The van der Waals surface area contributed by atoms with Gasteiger partial charge in [0.1, 0.15) is 12.4 Å². The van der Waals surface area contributed by atoms with Gasteiger partial charge in [0.05, 0.1) is 5.69 Å². The molecule has 19 heavy (non-hydrogen) atoms. The van der Waals surface area contributed by atoms with E-state index in [4.69, 9.17) is 5.11 Å². The third-order valence-electron chi connectivity index (χ3n) is 3.22. The molecular formula is C14H18N2O3. The number of carboxylic acids is 1. The first-order chi connectivity index (χ1) is 9.11. The van der Waals surface area contributed by atoms with E-state index in [0.717, 1.165) is 25.0 Å². The summed E-state index contributed by atoms with van der Waals surface area (Å²) in [5.74, 6) is -0.0812. The van der Waals surface area contributed by atoms with E-state index in [-0.39, 0.29) is 12.3 Å². The van der Waals surface area contributed by atoms with E-state index in [1.54, 1.807) is 17.0 Å². The number of rotatable bonds is 5. The summed E-state index contributed by atoms with van der Waals surface area (Å²) in [6.07, 6.45) is 3.06. The van der Waals surface area contributed by atoms with Gasteiger partial charge in [-0.15, -0.1) is 0 Å². The molecule has 0 spiro atoms. The number of anilines is 1. The van der Waals surface area contributed by atoms with Crippen molar-refractivity contribution in [2.75, 3.05) is 18.0 Å². The fraction of sp³-hybridized carbons (Fsp3) is 0.500. The molecule has 0 saturated carbocycles. The largest absolute Gasteiger partial charge is 0.480 e. The van der Waals surface area contributed by atoms with Crippen LogP contribution >= 0.6 is 0 Å². The van der Waals surface area contributed by atoms with Gasteiger partial charge in [-0.2, -0.15) is 0 Å². The Hall–Kier alpha value is -1.91. The van der Waals surface area contributed by atoms with E-state index in [1.807, 2.05) is 6.92 Å². The molecule has 0 aliphatic heterocycles. The summed E-state index contributed by atoms with van der Waals surface area (Å²) in [6, 6.07) is 3.53. The van der Waals surface area contributed by atoms with E-state index in [2.05, 4.69) is 4.98 Å². The first-order valence-electron chi connectivity index (χ1n) is 6.61. The third kappa shape index (κ3) is 3.10. The Bertz CT molecular complexity index is 499. The molecule has 0 fully saturated rings. The van der Waals surface area contributed by atoms with Gasteiger partial charge in [-0.3, -0.25) is 9.59 Å². The number of hydrogen-bond donors (Lipinski definition) is 1. The van der Waals surface area contributed by atoms with Crippen molar-refractivity contribution in [2.24, 2.45) is 0 Å². The minimum atomic E-state index is -0.871. The van der Waals surface area contributed by atoms with Gasteiger partial charge in [0.2, 0.25) is 0 Å². The molecule has 2 rings (SSSR count). The summed E-state index contributed by atoms with van der Waals surface area (Å²) in [5, 5.41) is 8.93. The van der Waals surface area contributed by atoms with Crippen molar-refractivity contribution < 1.29 is 14.7 Å². The molecule has 1 aliphatic carbocycles. The number of carbonyl (C=O) groups is 2. The highest BCUT2D eigenvalue weighted by molar-refractivity contribution is 5.98. The molecule has 1 aromatic rings. The fourth-order valence-corrected chi connectivity index (χ4v) is 2.37. The van der Waals surface area contributed by atoms with Gasteiger partial charge in [0.25, 0.3) is 0 Å². The van der Waals surface area contributed by atoms with Crippen LogP contribution in [0.3, 0.4) is 0 Å². The molecule has 102 valence electrons. The fourth-order valence-electron chi connectivity index (χ4n) is 2.37. The molecule has 1 aromatic heterocycles. The number of Topliss-reactive ketones (excluding diaryl/α,β-unsaturated/α-hetero) is 1. The number of hydrogen-bond acceptors (Lipinski definition) is 4. The van der Waals surface area contributed by atoms with E-state index in [9.17, 15) is 9.59 Å². The smallest absolute Gasteiger partial charge is 0.323 e. The van der Waals surface area contributed by atoms with Crippen molar-refractivity contribution in [3.8, 4) is 0 Å². The average molecular weight is 262 g/mol. The summed E-state index contributed by atoms with van der Waals surface area (Å²) in [6.45, 7) is 2.58. The number of aromatic nitrogens is 1. The Morgan fingerprint density at radius 1 is 1.42 bits per heavy atom. The van der Waals surface area contributed by atoms with Crippen LogP contribution in [-0.4, -0.2) is 34.9 Å². The zero-order chi connectivity index (χ0) is 13.8. The monoisotopic (exact) mass is 262 g/mol. The summed E-state index contributed by atoms with van der Waals surface area (Å²) >= 11 is 0. The Labute approximate surface area is 112 Å². The van der Waals surface area contributed by atoms with Crippen LogP contribution in [0.1, 0.15) is 42.2 Å². The number of carboxylic acid groups (broad SMARTS) is 1. The van der Waals surface area contributed by atoms with E-state index < -0.39 is 5.97 Å². The summed E-state index contributed by atoms with van der Waals surface area (Å²) in [5.41, 5.74) is 1.50. The third-order valence-corrected chi connectivity index (χ3v) is 3.22. The van der Waals surface area contributed by atoms with Crippen molar-refractivity contribution in [1.29, 1.82) is 0 Å². The first-order valence-corrected chi connectivity index (χ1v) is 6.61. The molecule has 0 unspecified atom stereocenters. The topological polar surface area (TPSA) is 70.5 Å². The normalized spacial score (nSPS) is 14.1. The molecular weight excluding hydrogens is 244 g/mol. The highest BCUT2D eigenvalue weighted by Crippen LogP contribution is 2.23. The van der Waals surface area contributed by atoms with Crippen LogP contribution in [0.15, 0.2) is 12.1 Å². The Kier molecular flexibility index (Phi) is 4.14. The van der Waals surface area contributed by atoms with Gasteiger partial charge in [-0.05, 0) is 31.4 Å². The predicted octanol–water partition coefficient (Wildman–Crippen LogP) is 1.90. The second-order valence-corrected chi connectivity index (χ2v) is 4.76. The molecule has 0 atom stereocenters. The van der Waals surface area contributed by atoms with Gasteiger partial charge in [-0.25, -0.2) is 4.98 Å². The predicted molar refractivity (Wildman–Crippen MR) is 71.6 cm³/mol. The maximum atomic E-state index is 11.7. The quantitative estimate of drug-likeness (QED) is 0.877. The summed E-state index contributed by atoms with van der Waals surface area (Å²) < 4.78 is 0. The molecule has 0 aromatic carbocycles. The van der Waals surface area contributed by atoms with Gasteiger partial charge in [0, 0.05) is 18.5 Å². The second kappa shape index (κ2) is 5.82. The molecule has 5 nitrogen and oxygen atoms in total. The number of pyridine rings is 1. The zero-order valence-corrected chi connectivity index (χ0v) is 11.1. The average Bonchev–Trinajstić information content (AvgIpc) is 2.37. The molecule has 0 amide bonds. The maximum absolute atomic E-state index is 11.7. The number of nitrogens with zero attached hydrogens (tertiary/aromatic N) is 2. The van der Waals surface area contributed by atoms with E-state index in [0.29, 0.717) is 24.3 Å². The summed E-state index contributed by atoms with van der Waals surface area (Å²) in [4.78, 5) is 28.8. The second-order valence-electron chi connectivity index (χ2n) is 4.76. The lowest BCUT2D eigenvalue weighted by atomic mass is 9.95. The Balaban J connectivity index is 2.28. The number of ketones is 1. The van der Waals surface area contributed by atoms with Crippen LogP contribution < -0.4 is 4.90 Å². The van der Waals surface area contributed by atoms with Gasteiger partial charge >= 0.3 is 5.97 Å². The molecule has 5 heteroatoms. The summed E-state index contributed by atoms with van der Waals surface area (Å²) in [7, 11) is 0. The van der Waals surface area contributed by atoms with Crippen molar-refractivity contribution in [3.05, 3.63) is 23.4 Å². The minimum Gasteiger partial charge on any atom is -0.480 e. The number of aryl methyl sites for hydroxylation is 1. The lowest BCUT2D eigenvalue weighted by molar-refractivity contribution is -0.135. The van der Waals surface area contributed by atoms with Crippen molar-refractivity contribution >= 4 is 17.6 Å². The van der Waals surface area contributed by atoms with Crippen molar-refractivity contribution in [2.45, 2.75) is 32.6 Å². The Morgan fingerprint density at radius 2 is 2.21 bits per heavy atom. The SMILES string of the molecule is CCCN(CC(=O)O)c1ccc2c(n1)CCCC2=O. The molecule has 0 bridgehead atoms. The van der Waals surface area contributed by atoms with Gasteiger partial charge in [0.15, 0.2) is 5.78 Å². The number of carbonyl (C=O) groups excluding carboxylic acids is 1. The molecule has 1 N–H and O–H groups in total. The highest BCUT2D eigenvalue weighted by Gasteiger charge is 2.20.